The lowest BCUT2D eigenvalue weighted by Gasteiger charge is -2.12. The molecule has 2 aromatic carbocycles. The summed E-state index contributed by atoms with van der Waals surface area (Å²) in [7, 11) is 1.51. The number of amides is 1. The molecule has 0 radical (unpaired) electrons. The van der Waals surface area contributed by atoms with Gasteiger partial charge in [-0.15, -0.1) is 0 Å². The number of nitro benzene ring substituents is 1. The Morgan fingerprint density at radius 3 is 2.72 bits per heavy atom. The molecule has 0 heterocycles. The number of benzene rings is 2. The molecule has 2 rings (SSSR count). The minimum absolute atomic E-state index is 0.0574. The molecule has 0 aliphatic heterocycles. The average Bonchev–Trinajstić information content (AvgIpc) is 2.57. The molecule has 2 aromatic rings. The summed E-state index contributed by atoms with van der Waals surface area (Å²) < 4.78 is 24.0. The van der Waals surface area contributed by atoms with E-state index in [1.165, 1.54) is 31.4 Å². The molecular weight excluding hydrogens is 399 g/mol. The van der Waals surface area contributed by atoms with E-state index in [-0.39, 0.29) is 33.8 Å². The predicted octanol–water partition coefficient (Wildman–Crippen LogP) is 3.77. The summed E-state index contributed by atoms with van der Waals surface area (Å²) in [6.45, 7) is 0.540. The van der Waals surface area contributed by atoms with E-state index < -0.39 is 16.6 Å². The molecule has 1 amide bonds. The maximum atomic E-state index is 13.5. The predicted molar refractivity (Wildman–Crippen MR) is 92.5 cm³/mol. The van der Waals surface area contributed by atoms with Gasteiger partial charge in [0.1, 0.15) is 18.2 Å². The molecule has 0 saturated heterocycles. The van der Waals surface area contributed by atoms with Crippen LogP contribution in [0.25, 0.3) is 0 Å². The van der Waals surface area contributed by atoms with Crippen molar-refractivity contribution in [2.45, 2.75) is 0 Å². The highest BCUT2D eigenvalue weighted by Gasteiger charge is 2.17. The quantitative estimate of drug-likeness (QED) is 0.424. The van der Waals surface area contributed by atoms with Gasteiger partial charge in [-0.05, 0) is 40.2 Å². The van der Waals surface area contributed by atoms with Gasteiger partial charge in [0.05, 0.1) is 21.7 Å². The zero-order chi connectivity index (χ0) is 18.4. The van der Waals surface area contributed by atoms with E-state index in [1.54, 1.807) is 0 Å². The first kappa shape index (κ1) is 18.8. The van der Waals surface area contributed by atoms with E-state index >= 15 is 0 Å². The van der Waals surface area contributed by atoms with Crippen molar-refractivity contribution in [3.8, 4) is 5.75 Å². The Balaban J connectivity index is 2.24. The Kier molecular flexibility index (Phi) is 6.43. The number of carbonyl (C=O) groups excluding carboxylic acids is 1. The monoisotopic (exact) mass is 412 g/mol. The van der Waals surface area contributed by atoms with Gasteiger partial charge < -0.3 is 14.8 Å². The van der Waals surface area contributed by atoms with E-state index in [2.05, 4.69) is 21.2 Å². The molecule has 1 N–H and O–H groups in total. The fourth-order valence-electron chi connectivity index (χ4n) is 1.95. The fraction of sp³-hybridized carbons (Fsp3) is 0.188. The molecular formula is C16H14BrFN2O5. The van der Waals surface area contributed by atoms with Crippen molar-refractivity contribution in [3.63, 3.8) is 0 Å². The highest BCUT2D eigenvalue weighted by atomic mass is 79.9. The van der Waals surface area contributed by atoms with Crippen molar-refractivity contribution in [1.29, 1.82) is 0 Å². The molecule has 9 heteroatoms. The second kappa shape index (κ2) is 8.54. The molecule has 132 valence electrons. The summed E-state index contributed by atoms with van der Waals surface area (Å²) in [6.07, 6.45) is 0. The van der Waals surface area contributed by atoms with Gasteiger partial charge in [-0.25, -0.2) is 4.39 Å². The first-order valence-electron chi connectivity index (χ1n) is 7.09. The highest BCUT2D eigenvalue weighted by Crippen LogP contribution is 2.28. The zero-order valence-corrected chi connectivity index (χ0v) is 14.7. The van der Waals surface area contributed by atoms with Crippen LogP contribution in [-0.2, 0) is 4.74 Å². The van der Waals surface area contributed by atoms with Crippen molar-refractivity contribution in [3.05, 3.63) is 62.4 Å². The van der Waals surface area contributed by atoms with E-state index in [0.717, 1.165) is 12.1 Å². The molecule has 7 nitrogen and oxygen atoms in total. The van der Waals surface area contributed by atoms with Crippen LogP contribution in [-0.4, -0.2) is 31.2 Å². The number of ether oxygens (including phenoxy) is 2. The number of methoxy groups -OCH3 is 1. The van der Waals surface area contributed by atoms with Crippen LogP contribution in [0.3, 0.4) is 0 Å². The van der Waals surface area contributed by atoms with Crippen molar-refractivity contribution < 1.29 is 23.6 Å². The van der Waals surface area contributed by atoms with Crippen molar-refractivity contribution >= 4 is 33.2 Å². The smallest absolute Gasteiger partial charge is 0.284 e. The third-order valence-electron chi connectivity index (χ3n) is 3.14. The summed E-state index contributed by atoms with van der Waals surface area (Å²) in [5, 5.41) is 13.5. The lowest BCUT2D eigenvalue weighted by Crippen LogP contribution is -2.14. The van der Waals surface area contributed by atoms with Crippen LogP contribution < -0.4 is 10.1 Å². The largest absolute Gasteiger partial charge is 0.489 e. The molecule has 0 bridgehead atoms. The first-order chi connectivity index (χ1) is 11.9. The Morgan fingerprint density at radius 2 is 2.04 bits per heavy atom. The fourth-order valence-corrected chi connectivity index (χ4v) is 2.34. The van der Waals surface area contributed by atoms with E-state index in [4.69, 9.17) is 9.47 Å². The van der Waals surface area contributed by atoms with Crippen LogP contribution in [0.4, 0.5) is 15.8 Å². The SMILES string of the molecule is COCCOc1ccc(F)cc1NC(=O)c1ccc(Br)c([N+](=O)[O-])c1. The number of hydrogen-bond acceptors (Lipinski definition) is 5. The molecule has 0 spiro atoms. The molecule has 0 atom stereocenters. The topological polar surface area (TPSA) is 90.7 Å². The second-order valence-corrected chi connectivity index (χ2v) is 5.71. The Hall–Kier alpha value is -2.52. The van der Waals surface area contributed by atoms with Crippen molar-refractivity contribution in [2.75, 3.05) is 25.6 Å². The third kappa shape index (κ3) is 4.97. The van der Waals surface area contributed by atoms with Gasteiger partial charge in [-0.2, -0.15) is 0 Å². The van der Waals surface area contributed by atoms with Gasteiger partial charge >= 0.3 is 0 Å². The number of carbonyl (C=O) groups is 1. The number of rotatable bonds is 7. The van der Waals surface area contributed by atoms with Gasteiger partial charge in [0.15, 0.2) is 0 Å². The maximum absolute atomic E-state index is 13.5. The van der Waals surface area contributed by atoms with Gasteiger partial charge in [0, 0.05) is 24.8 Å². The van der Waals surface area contributed by atoms with Gasteiger partial charge in [0.25, 0.3) is 11.6 Å². The standard InChI is InChI=1S/C16H14BrFN2O5/c1-24-6-7-25-15-5-3-11(18)9-13(15)19-16(21)10-2-4-12(17)14(8-10)20(22)23/h2-5,8-9H,6-7H2,1H3,(H,19,21). The van der Waals surface area contributed by atoms with Crippen LogP contribution in [0.2, 0.25) is 0 Å². The van der Waals surface area contributed by atoms with Crippen LogP contribution in [0.1, 0.15) is 10.4 Å². The molecule has 25 heavy (non-hydrogen) atoms. The second-order valence-electron chi connectivity index (χ2n) is 4.86. The summed E-state index contributed by atoms with van der Waals surface area (Å²) in [4.78, 5) is 22.7. The molecule has 0 aliphatic carbocycles. The molecule has 0 saturated carbocycles. The average molecular weight is 413 g/mol. The molecule has 0 unspecified atom stereocenters. The number of halogens is 2. The normalized spacial score (nSPS) is 10.4. The first-order valence-corrected chi connectivity index (χ1v) is 7.88. The summed E-state index contributed by atoms with van der Waals surface area (Å²) in [6, 6.07) is 7.62. The Labute approximate surface area is 151 Å². The minimum Gasteiger partial charge on any atom is -0.489 e. The lowest BCUT2D eigenvalue weighted by atomic mass is 10.2. The van der Waals surface area contributed by atoms with Crippen LogP contribution in [0, 0.1) is 15.9 Å². The van der Waals surface area contributed by atoms with E-state index in [9.17, 15) is 19.3 Å². The minimum atomic E-state index is -0.627. The molecule has 0 fully saturated rings. The number of nitrogens with zero attached hydrogens (tertiary/aromatic N) is 1. The number of anilines is 1. The summed E-state index contributed by atoms with van der Waals surface area (Å²) in [5.74, 6) is -0.924. The summed E-state index contributed by atoms with van der Waals surface area (Å²) in [5.41, 5.74) is -0.0721. The maximum Gasteiger partial charge on any atom is 0.284 e. The van der Waals surface area contributed by atoms with Crippen LogP contribution in [0.15, 0.2) is 40.9 Å². The highest BCUT2D eigenvalue weighted by molar-refractivity contribution is 9.10. The Bertz CT molecular complexity index is 800. The van der Waals surface area contributed by atoms with Crippen molar-refractivity contribution in [1.82, 2.24) is 0 Å². The number of nitro groups is 1. The Morgan fingerprint density at radius 1 is 1.28 bits per heavy atom. The lowest BCUT2D eigenvalue weighted by molar-refractivity contribution is -0.385. The van der Waals surface area contributed by atoms with Crippen LogP contribution >= 0.6 is 15.9 Å². The summed E-state index contributed by atoms with van der Waals surface area (Å²) >= 11 is 3.05. The molecule has 0 aromatic heterocycles. The third-order valence-corrected chi connectivity index (χ3v) is 3.81. The number of nitrogens with one attached hydrogen (secondary N) is 1. The van der Waals surface area contributed by atoms with Gasteiger partial charge in [-0.1, -0.05) is 0 Å². The zero-order valence-electron chi connectivity index (χ0n) is 13.1. The van der Waals surface area contributed by atoms with Crippen molar-refractivity contribution in [2.24, 2.45) is 0 Å². The number of hydrogen-bond donors (Lipinski definition) is 1. The van der Waals surface area contributed by atoms with E-state index in [0.29, 0.717) is 6.61 Å². The van der Waals surface area contributed by atoms with E-state index in [1.807, 2.05) is 0 Å². The van der Waals surface area contributed by atoms with Gasteiger partial charge in [0.2, 0.25) is 0 Å². The van der Waals surface area contributed by atoms with Gasteiger partial charge in [-0.3, -0.25) is 14.9 Å². The molecule has 0 aliphatic rings. The van der Waals surface area contributed by atoms with Crippen LogP contribution in [0.5, 0.6) is 5.75 Å².